The largest absolute Gasteiger partial charge is 0.478 e. The predicted molar refractivity (Wildman–Crippen MR) is 101 cm³/mol. The van der Waals surface area contributed by atoms with Gasteiger partial charge in [-0.05, 0) is 23.6 Å². The average molecular weight is 353 g/mol. The third-order valence-electron chi connectivity index (χ3n) is 3.97. The second kappa shape index (κ2) is 6.59. The number of rotatable bonds is 4. The lowest BCUT2D eigenvalue weighted by atomic mass is 9.98. The predicted octanol–water partition coefficient (Wildman–Crippen LogP) is 3.38. The Morgan fingerprint density at radius 2 is 2.08 bits per heavy atom. The number of aromatic carboxylic acids is 1. The summed E-state index contributed by atoms with van der Waals surface area (Å²) in [5.41, 5.74) is 0.906. The van der Waals surface area contributed by atoms with Gasteiger partial charge >= 0.3 is 5.97 Å². The van der Waals surface area contributed by atoms with Gasteiger partial charge in [0.1, 0.15) is 11.1 Å². The molecule has 26 heavy (non-hydrogen) atoms. The highest BCUT2D eigenvalue weighted by Gasteiger charge is 2.19. The van der Waals surface area contributed by atoms with Gasteiger partial charge in [-0.3, -0.25) is 4.79 Å². The van der Waals surface area contributed by atoms with Crippen molar-refractivity contribution < 1.29 is 14.3 Å². The molecule has 0 aliphatic rings. The second-order valence-corrected chi connectivity index (χ2v) is 6.53. The zero-order chi connectivity index (χ0) is 19.0. The lowest BCUT2D eigenvalue weighted by molar-refractivity contribution is 0.0697. The molecule has 0 fully saturated rings. The summed E-state index contributed by atoms with van der Waals surface area (Å²) in [6.07, 6.45) is 1.44. The van der Waals surface area contributed by atoms with Gasteiger partial charge in [0.05, 0.1) is 17.1 Å². The number of benzene rings is 1. The van der Waals surface area contributed by atoms with Crippen LogP contribution in [-0.2, 0) is 0 Å². The van der Waals surface area contributed by atoms with Crippen LogP contribution in [0.3, 0.4) is 0 Å². The van der Waals surface area contributed by atoms with E-state index in [1.54, 1.807) is 25.1 Å². The first-order chi connectivity index (χ1) is 12.3. The Labute approximate surface area is 149 Å². The molecule has 0 spiro atoms. The Hall–Kier alpha value is -3.22. The smallest absolute Gasteiger partial charge is 0.339 e. The summed E-state index contributed by atoms with van der Waals surface area (Å²) in [7, 11) is 3.51. The van der Waals surface area contributed by atoms with Crippen LogP contribution in [0.2, 0.25) is 0 Å². The van der Waals surface area contributed by atoms with Crippen LogP contribution in [0.25, 0.3) is 22.1 Å². The maximum atomic E-state index is 13.0. The average Bonchev–Trinajstić information content (AvgIpc) is 2.58. The van der Waals surface area contributed by atoms with E-state index in [1.165, 1.54) is 12.4 Å². The molecule has 7 nitrogen and oxygen atoms in total. The van der Waals surface area contributed by atoms with Crippen molar-refractivity contribution in [3.63, 3.8) is 0 Å². The highest BCUT2D eigenvalue weighted by atomic mass is 16.4. The second-order valence-electron chi connectivity index (χ2n) is 6.53. The van der Waals surface area contributed by atoms with E-state index >= 15 is 0 Å². The molecule has 0 atom stereocenters. The highest BCUT2D eigenvalue weighted by Crippen LogP contribution is 2.28. The van der Waals surface area contributed by atoms with Crippen LogP contribution in [-0.4, -0.2) is 41.4 Å². The van der Waals surface area contributed by atoms with Crippen LogP contribution >= 0.6 is 0 Å². The number of pyridine rings is 1. The molecule has 0 bridgehead atoms. The molecule has 3 rings (SSSR count). The van der Waals surface area contributed by atoms with Crippen molar-refractivity contribution in [3.05, 3.63) is 45.6 Å². The van der Waals surface area contributed by atoms with Crippen LogP contribution in [0.5, 0.6) is 0 Å². The SMILES string of the molecule is CC(C)c1cccc2oc3nc(N=CN(C)C)c(C(=O)O)cc3c(=O)c12. The van der Waals surface area contributed by atoms with Crippen LogP contribution in [0.15, 0.2) is 38.5 Å². The minimum Gasteiger partial charge on any atom is -0.478 e. The number of hydrogen-bond acceptors (Lipinski definition) is 5. The molecular weight excluding hydrogens is 334 g/mol. The molecule has 0 unspecified atom stereocenters. The minimum atomic E-state index is -1.21. The summed E-state index contributed by atoms with van der Waals surface area (Å²) in [4.78, 5) is 34.5. The van der Waals surface area contributed by atoms with Crippen LogP contribution in [0.1, 0.15) is 35.7 Å². The summed E-state index contributed by atoms with van der Waals surface area (Å²) in [5.74, 6) is -1.10. The molecule has 1 N–H and O–H groups in total. The fourth-order valence-corrected chi connectivity index (χ4v) is 2.75. The van der Waals surface area contributed by atoms with Crippen molar-refractivity contribution in [2.24, 2.45) is 4.99 Å². The number of carbonyl (C=O) groups is 1. The van der Waals surface area contributed by atoms with Crippen LogP contribution in [0.4, 0.5) is 5.82 Å². The fraction of sp³-hybridized carbons (Fsp3) is 0.263. The first-order valence-corrected chi connectivity index (χ1v) is 8.14. The molecule has 3 aromatic rings. The van der Waals surface area contributed by atoms with Gasteiger partial charge in [-0.25, -0.2) is 9.79 Å². The first-order valence-electron chi connectivity index (χ1n) is 8.14. The maximum Gasteiger partial charge on any atom is 0.339 e. The monoisotopic (exact) mass is 353 g/mol. The van der Waals surface area contributed by atoms with Crippen molar-refractivity contribution in [2.45, 2.75) is 19.8 Å². The standard InChI is InChI=1S/C19H19N3O4/c1-10(2)11-6-5-7-14-15(11)16(23)12-8-13(19(24)25)17(20-9-22(3)4)21-18(12)26-14/h5-10H,1-4H3,(H,24,25). The van der Waals surface area contributed by atoms with Crippen LogP contribution < -0.4 is 5.43 Å². The Morgan fingerprint density at radius 1 is 1.35 bits per heavy atom. The number of carboxylic acid groups (broad SMARTS) is 1. The van der Waals surface area contributed by atoms with Gasteiger partial charge in [-0.1, -0.05) is 26.0 Å². The van der Waals surface area contributed by atoms with Crippen molar-refractivity contribution in [1.82, 2.24) is 9.88 Å². The van der Waals surface area contributed by atoms with Crippen molar-refractivity contribution in [3.8, 4) is 0 Å². The Morgan fingerprint density at radius 3 is 2.69 bits per heavy atom. The molecule has 0 radical (unpaired) electrons. The van der Waals surface area contributed by atoms with E-state index in [9.17, 15) is 14.7 Å². The Kier molecular flexibility index (Phi) is 4.46. The third-order valence-corrected chi connectivity index (χ3v) is 3.97. The zero-order valence-corrected chi connectivity index (χ0v) is 15.0. The van der Waals surface area contributed by atoms with Gasteiger partial charge in [0, 0.05) is 14.1 Å². The van der Waals surface area contributed by atoms with Gasteiger partial charge in [-0.2, -0.15) is 4.98 Å². The third kappa shape index (κ3) is 3.03. The number of fused-ring (bicyclic) bond motifs is 2. The van der Waals surface area contributed by atoms with Gasteiger partial charge in [0.15, 0.2) is 5.82 Å². The lowest BCUT2D eigenvalue weighted by Crippen LogP contribution is -2.10. The van der Waals surface area contributed by atoms with Crippen molar-refractivity contribution in [2.75, 3.05) is 14.1 Å². The molecule has 2 heterocycles. The molecule has 0 amide bonds. The summed E-state index contributed by atoms with van der Waals surface area (Å²) >= 11 is 0. The summed E-state index contributed by atoms with van der Waals surface area (Å²) < 4.78 is 5.81. The molecule has 2 aromatic heterocycles. The van der Waals surface area contributed by atoms with Crippen molar-refractivity contribution >= 4 is 40.2 Å². The number of carboxylic acids is 1. The van der Waals surface area contributed by atoms with Gasteiger partial charge in [-0.15, -0.1) is 0 Å². The van der Waals surface area contributed by atoms with E-state index in [1.807, 2.05) is 26.0 Å². The van der Waals surface area contributed by atoms with E-state index in [0.717, 1.165) is 5.56 Å². The summed E-state index contributed by atoms with van der Waals surface area (Å²) in [6, 6.07) is 6.69. The molecule has 0 aliphatic carbocycles. The number of hydrogen-bond donors (Lipinski definition) is 1. The zero-order valence-electron chi connectivity index (χ0n) is 15.0. The normalized spacial score (nSPS) is 11.7. The summed E-state index contributed by atoms with van der Waals surface area (Å²) in [6.45, 7) is 3.97. The highest BCUT2D eigenvalue weighted by molar-refractivity contribution is 5.99. The lowest BCUT2D eigenvalue weighted by Gasteiger charge is -2.10. The van der Waals surface area contributed by atoms with Crippen molar-refractivity contribution in [1.29, 1.82) is 0 Å². The maximum absolute atomic E-state index is 13.0. The topological polar surface area (TPSA) is 96.0 Å². The molecule has 7 heteroatoms. The van der Waals surface area contributed by atoms with Gasteiger partial charge in [0.2, 0.25) is 11.1 Å². The van der Waals surface area contributed by atoms with Gasteiger partial charge in [0.25, 0.3) is 0 Å². The van der Waals surface area contributed by atoms with E-state index < -0.39 is 5.97 Å². The number of aromatic nitrogens is 1. The van der Waals surface area contributed by atoms with E-state index in [0.29, 0.717) is 11.0 Å². The van der Waals surface area contributed by atoms with Crippen LogP contribution in [0, 0.1) is 0 Å². The van der Waals surface area contributed by atoms with E-state index in [-0.39, 0.29) is 33.8 Å². The van der Waals surface area contributed by atoms with E-state index in [4.69, 9.17) is 4.42 Å². The van der Waals surface area contributed by atoms with E-state index in [2.05, 4.69) is 9.98 Å². The molecule has 0 aliphatic heterocycles. The number of aliphatic imine (C=N–C) groups is 1. The fourth-order valence-electron chi connectivity index (χ4n) is 2.75. The Bertz CT molecular complexity index is 1100. The molecule has 0 saturated carbocycles. The minimum absolute atomic E-state index is 0.0128. The quantitative estimate of drug-likeness (QED) is 0.439. The molecule has 1 aromatic carbocycles. The first kappa shape index (κ1) is 17.6. The Balaban J connectivity index is 2.41. The van der Waals surface area contributed by atoms with Gasteiger partial charge < -0.3 is 14.4 Å². The molecule has 134 valence electrons. The molecule has 0 saturated heterocycles. The summed E-state index contributed by atoms with van der Waals surface area (Å²) in [5, 5.41) is 10.1. The molecular formula is C19H19N3O4. The number of nitrogens with zero attached hydrogens (tertiary/aromatic N) is 3.